The summed E-state index contributed by atoms with van der Waals surface area (Å²) in [5, 5.41) is 12.2. The predicted octanol–water partition coefficient (Wildman–Crippen LogP) is 2.33. The monoisotopic (exact) mass is 374 g/mol. The largest absolute Gasteiger partial charge is 0.496 e. The Bertz CT molecular complexity index is 805. The van der Waals surface area contributed by atoms with Crippen LogP contribution in [-0.2, 0) is 16.0 Å². The first kappa shape index (κ1) is 18.3. The second kappa shape index (κ2) is 7.82. The zero-order valence-corrected chi connectivity index (χ0v) is 15.9. The van der Waals surface area contributed by atoms with Crippen LogP contribution in [0.3, 0.4) is 0 Å². The van der Waals surface area contributed by atoms with E-state index in [1.165, 1.54) is 11.3 Å². The van der Waals surface area contributed by atoms with Crippen LogP contribution in [-0.4, -0.2) is 46.6 Å². The van der Waals surface area contributed by atoms with Gasteiger partial charge in [-0.1, -0.05) is 29.5 Å². The Morgan fingerprint density at radius 2 is 2.15 bits per heavy atom. The quantitative estimate of drug-likeness (QED) is 0.839. The van der Waals surface area contributed by atoms with Gasteiger partial charge in [0.1, 0.15) is 10.8 Å². The molecule has 2 aromatic rings. The maximum absolute atomic E-state index is 12.4. The third kappa shape index (κ3) is 4.01. The molecule has 1 atom stereocenters. The van der Waals surface area contributed by atoms with Gasteiger partial charge in [0.15, 0.2) is 0 Å². The molecule has 0 bridgehead atoms. The molecule has 1 aromatic heterocycles. The van der Waals surface area contributed by atoms with Gasteiger partial charge in [0.2, 0.25) is 16.9 Å². The smallest absolute Gasteiger partial charge is 0.231 e. The summed E-state index contributed by atoms with van der Waals surface area (Å²) in [6, 6.07) is 7.84. The molecule has 1 aromatic carbocycles. The standard InChI is InChI=1S/C18H22N4O3S/c1-11(2)22-10-13(9-16(22)23)17(24)19-18-21-20-15(26-18)8-12-6-4-5-7-14(12)25-3/h4-7,11,13H,8-10H2,1-3H3,(H,19,21,24)/t13-/m0/s1. The molecule has 0 unspecified atom stereocenters. The highest BCUT2D eigenvalue weighted by Crippen LogP contribution is 2.26. The Morgan fingerprint density at radius 1 is 1.38 bits per heavy atom. The number of carbonyl (C=O) groups excluding carboxylic acids is 2. The summed E-state index contributed by atoms with van der Waals surface area (Å²) in [7, 11) is 1.63. The Kier molecular flexibility index (Phi) is 5.51. The average molecular weight is 374 g/mol. The molecule has 0 saturated carbocycles. The van der Waals surface area contributed by atoms with E-state index in [0.29, 0.717) is 18.1 Å². The van der Waals surface area contributed by atoms with Gasteiger partial charge in [0.05, 0.1) is 13.0 Å². The molecule has 1 aliphatic rings. The molecule has 8 heteroatoms. The molecule has 1 fully saturated rings. The third-order valence-electron chi connectivity index (χ3n) is 4.38. The van der Waals surface area contributed by atoms with E-state index < -0.39 is 0 Å². The minimum absolute atomic E-state index is 0.0225. The number of benzene rings is 1. The van der Waals surface area contributed by atoms with E-state index in [1.807, 2.05) is 38.1 Å². The molecule has 0 spiro atoms. The second-order valence-corrected chi connectivity index (χ2v) is 7.58. The average Bonchev–Trinajstić information content (AvgIpc) is 3.22. The van der Waals surface area contributed by atoms with Crippen LogP contribution in [0.5, 0.6) is 5.75 Å². The molecule has 1 aliphatic heterocycles. The summed E-state index contributed by atoms with van der Waals surface area (Å²) >= 11 is 1.33. The summed E-state index contributed by atoms with van der Waals surface area (Å²) in [5.74, 6) is 0.300. The van der Waals surface area contributed by atoms with Crippen molar-refractivity contribution < 1.29 is 14.3 Å². The van der Waals surface area contributed by atoms with Gasteiger partial charge in [0.25, 0.3) is 0 Å². The van der Waals surface area contributed by atoms with Crippen LogP contribution < -0.4 is 10.1 Å². The van der Waals surface area contributed by atoms with Crippen LogP contribution in [0, 0.1) is 5.92 Å². The van der Waals surface area contributed by atoms with Crippen LogP contribution >= 0.6 is 11.3 Å². The number of hydrogen-bond acceptors (Lipinski definition) is 6. The topological polar surface area (TPSA) is 84.4 Å². The number of amides is 2. The van der Waals surface area contributed by atoms with Gasteiger partial charge < -0.3 is 15.0 Å². The van der Waals surface area contributed by atoms with Crippen molar-refractivity contribution in [3.8, 4) is 5.75 Å². The molecule has 3 rings (SSSR count). The third-order valence-corrected chi connectivity index (χ3v) is 5.22. The number of methoxy groups -OCH3 is 1. The number of anilines is 1. The van der Waals surface area contributed by atoms with Gasteiger partial charge in [0, 0.05) is 31.0 Å². The summed E-state index contributed by atoms with van der Waals surface area (Å²) in [6.45, 7) is 4.36. The lowest BCUT2D eigenvalue weighted by atomic mass is 10.1. The number of carbonyl (C=O) groups is 2. The number of likely N-dealkylation sites (tertiary alicyclic amines) is 1. The number of nitrogens with zero attached hydrogens (tertiary/aromatic N) is 3. The van der Waals surface area contributed by atoms with Crippen molar-refractivity contribution >= 4 is 28.3 Å². The number of rotatable bonds is 6. The molecular weight excluding hydrogens is 352 g/mol. The fourth-order valence-electron chi connectivity index (χ4n) is 3.00. The summed E-state index contributed by atoms with van der Waals surface area (Å²) in [6.07, 6.45) is 0.831. The van der Waals surface area contributed by atoms with Gasteiger partial charge in [-0.15, -0.1) is 10.2 Å². The number of hydrogen-bond donors (Lipinski definition) is 1. The first-order chi connectivity index (χ1) is 12.5. The lowest BCUT2D eigenvalue weighted by Crippen LogP contribution is -2.33. The van der Waals surface area contributed by atoms with E-state index in [9.17, 15) is 9.59 Å². The van der Waals surface area contributed by atoms with Crippen molar-refractivity contribution in [1.82, 2.24) is 15.1 Å². The summed E-state index contributed by atoms with van der Waals surface area (Å²) in [4.78, 5) is 26.1. The zero-order valence-electron chi connectivity index (χ0n) is 15.1. The molecule has 1 saturated heterocycles. The van der Waals surface area contributed by atoms with Gasteiger partial charge in [-0.2, -0.15) is 0 Å². The van der Waals surface area contributed by atoms with Gasteiger partial charge in [-0.05, 0) is 19.9 Å². The number of para-hydroxylation sites is 1. The minimum Gasteiger partial charge on any atom is -0.496 e. The fraction of sp³-hybridized carbons (Fsp3) is 0.444. The first-order valence-electron chi connectivity index (χ1n) is 8.52. The van der Waals surface area contributed by atoms with E-state index in [4.69, 9.17) is 4.74 Å². The van der Waals surface area contributed by atoms with Crippen molar-refractivity contribution in [2.24, 2.45) is 5.92 Å². The van der Waals surface area contributed by atoms with E-state index in [-0.39, 0.29) is 30.2 Å². The second-order valence-electron chi connectivity index (χ2n) is 6.52. The maximum Gasteiger partial charge on any atom is 0.231 e. The first-order valence-corrected chi connectivity index (χ1v) is 9.34. The van der Waals surface area contributed by atoms with Gasteiger partial charge in [-0.25, -0.2) is 0 Å². The van der Waals surface area contributed by atoms with Crippen LogP contribution in [0.25, 0.3) is 0 Å². The van der Waals surface area contributed by atoms with Crippen molar-refractivity contribution in [3.05, 3.63) is 34.8 Å². The van der Waals surface area contributed by atoms with E-state index in [2.05, 4.69) is 15.5 Å². The van der Waals surface area contributed by atoms with Crippen LogP contribution in [0.4, 0.5) is 5.13 Å². The highest BCUT2D eigenvalue weighted by molar-refractivity contribution is 7.15. The molecular formula is C18H22N4O3S. The molecule has 138 valence electrons. The Labute approximate surface area is 156 Å². The summed E-state index contributed by atoms with van der Waals surface area (Å²) < 4.78 is 5.35. The van der Waals surface area contributed by atoms with Crippen molar-refractivity contribution in [1.29, 1.82) is 0 Å². The Balaban J connectivity index is 1.62. The highest BCUT2D eigenvalue weighted by atomic mass is 32.1. The molecule has 26 heavy (non-hydrogen) atoms. The number of aromatic nitrogens is 2. The summed E-state index contributed by atoms with van der Waals surface area (Å²) in [5.41, 5.74) is 1.01. The molecule has 2 heterocycles. The van der Waals surface area contributed by atoms with Crippen LogP contribution in [0.15, 0.2) is 24.3 Å². The van der Waals surface area contributed by atoms with Crippen molar-refractivity contribution in [2.45, 2.75) is 32.7 Å². The molecule has 2 amide bonds. The minimum atomic E-state index is -0.341. The van der Waals surface area contributed by atoms with Crippen molar-refractivity contribution in [3.63, 3.8) is 0 Å². The zero-order chi connectivity index (χ0) is 18.7. The lowest BCUT2D eigenvalue weighted by Gasteiger charge is -2.20. The molecule has 1 N–H and O–H groups in total. The lowest BCUT2D eigenvalue weighted by molar-refractivity contribution is -0.129. The van der Waals surface area contributed by atoms with Crippen LogP contribution in [0.1, 0.15) is 30.8 Å². The number of ether oxygens (including phenoxy) is 1. The van der Waals surface area contributed by atoms with Crippen LogP contribution in [0.2, 0.25) is 0 Å². The number of nitrogens with one attached hydrogen (secondary N) is 1. The Hall–Kier alpha value is -2.48. The van der Waals surface area contributed by atoms with E-state index in [0.717, 1.165) is 16.3 Å². The fourth-order valence-corrected chi connectivity index (χ4v) is 3.77. The molecule has 0 radical (unpaired) electrons. The predicted molar refractivity (Wildman–Crippen MR) is 99.3 cm³/mol. The van der Waals surface area contributed by atoms with Gasteiger partial charge >= 0.3 is 0 Å². The highest BCUT2D eigenvalue weighted by Gasteiger charge is 2.35. The van der Waals surface area contributed by atoms with Crippen molar-refractivity contribution in [2.75, 3.05) is 19.0 Å². The maximum atomic E-state index is 12.4. The van der Waals surface area contributed by atoms with E-state index in [1.54, 1.807) is 12.0 Å². The SMILES string of the molecule is COc1ccccc1Cc1nnc(NC(=O)[C@H]2CC(=O)N(C(C)C)C2)s1. The molecule has 0 aliphatic carbocycles. The normalized spacial score (nSPS) is 17.0. The Morgan fingerprint density at radius 3 is 2.85 bits per heavy atom. The van der Waals surface area contributed by atoms with Gasteiger partial charge in [-0.3, -0.25) is 9.59 Å². The van der Waals surface area contributed by atoms with E-state index >= 15 is 0 Å². The molecule has 7 nitrogen and oxygen atoms in total.